The van der Waals surface area contributed by atoms with Crippen molar-refractivity contribution in [3.8, 4) is 0 Å². The quantitative estimate of drug-likeness (QED) is 0.761. The molecule has 4 saturated carbocycles. The second kappa shape index (κ2) is 3.18. The number of carbonyl (C=O) groups is 1. The van der Waals surface area contributed by atoms with Crippen molar-refractivity contribution in [3.05, 3.63) is 0 Å². The van der Waals surface area contributed by atoms with E-state index in [1.807, 2.05) is 0 Å². The maximum absolute atomic E-state index is 11.6. The molecule has 0 radical (unpaired) electrons. The largest absolute Gasteiger partial charge is 0.481 e. The molecule has 4 bridgehead atoms. The molecule has 4 rings (SSSR count). The van der Waals surface area contributed by atoms with Gasteiger partial charge < -0.3 is 10.8 Å². The lowest BCUT2D eigenvalue weighted by atomic mass is 9.38. The first kappa shape index (κ1) is 13.2. The lowest BCUT2D eigenvalue weighted by Crippen LogP contribution is -2.67. The van der Waals surface area contributed by atoms with Gasteiger partial charge >= 0.3 is 5.97 Å². The summed E-state index contributed by atoms with van der Waals surface area (Å²) in [6.07, 6.45) is 5.57. The standard InChI is InChI=1S/C13H21NO2.ClH/c1-10-3-11(2)5-12(4-10,9(15)16)8-13(14,6-10)7-11;/h3-8,14H2,1-2H3,(H,15,16);1H. The Kier molecular flexibility index (Phi) is 2.46. The maximum atomic E-state index is 11.6. The number of rotatable bonds is 1. The van der Waals surface area contributed by atoms with Gasteiger partial charge in [-0.25, -0.2) is 0 Å². The second-order valence-electron chi connectivity index (χ2n) is 7.63. The van der Waals surface area contributed by atoms with E-state index >= 15 is 0 Å². The first-order valence-corrected chi connectivity index (χ1v) is 6.21. The molecule has 0 aromatic carbocycles. The normalized spacial score (nSPS) is 55.5. The molecule has 4 heteroatoms. The van der Waals surface area contributed by atoms with Gasteiger partial charge in [-0.3, -0.25) is 4.79 Å². The zero-order valence-corrected chi connectivity index (χ0v) is 11.4. The van der Waals surface area contributed by atoms with Crippen LogP contribution >= 0.6 is 12.4 Å². The van der Waals surface area contributed by atoms with Crippen molar-refractivity contribution in [2.45, 2.75) is 57.9 Å². The Morgan fingerprint density at radius 2 is 1.47 bits per heavy atom. The molecular formula is C13H22ClNO2. The van der Waals surface area contributed by atoms with Gasteiger partial charge in [0.1, 0.15) is 0 Å². The highest BCUT2D eigenvalue weighted by Crippen LogP contribution is 2.70. The number of hydrogen-bond donors (Lipinski definition) is 2. The van der Waals surface area contributed by atoms with Gasteiger partial charge in [0.2, 0.25) is 0 Å². The Balaban J connectivity index is 0.00000108. The smallest absolute Gasteiger partial charge is 0.309 e. The fourth-order valence-electron chi connectivity index (χ4n) is 6.01. The van der Waals surface area contributed by atoms with Gasteiger partial charge in [0.05, 0.1) is 5.41 Å². The monoisotopic (exact) mass is 259 g/mol. The lowest BCUT2D eigenvalue weighted by molar-refractivity contribution is -0.189. The molecule has 4 aliphatic carbocycles. The summed E-state index contributed by atoms with van der Waals surface area (Å²) in [5.41, 5.74) is 6.05. The summed E-state index contributed by atoms with van der Waals surface area (Å²) in [4.78, 5) is 11.6. The van der Waals surface area contributed by atoms with Crippen molar-refractivity contribution in [1.82, 2.24) is 0 Å². The third kappa shape index (κ3) is 1.70. The SMILES string of the molecule is CC12CC3(C)CC(N)(C1)CC(C(=O)O)(C2)C3.Cl. The molecular weight excluding hydrogens is 238 g/mol. The highest BCUT2D eigenvalue weighted by atomic mass is 35.5. The van der Waals surface area contributed by atoms with Crippen LogP contribution in [0.25, 0.3) is 0 Å². The number of nitrogens with two attached hydrogens (primary N) is 1. The van der Waals surface area contributed by atoms with Crippen LogP contribution in [0.15, 0.2) is 0 Å². The van der Waals surface area contributed by atoms with Crippen LogP contribution < -0.4 is 5.73 Å². The molecule has 4 fully saturated rings. The highest BCUT2D eigenvalue weighted by Gasteiger charge is 2.66. The van der Waals surface area contributed by atoms with E-state index < -0.39 is 11.4 Å². The minimum Gasteiger partial charge on any atom is -0.481 e. The molecule has 17 heavy (non-hydrogen) atoms. The average Bonchev–Trinajstić information content (AvgIpc) is 1.92. The van der Waals surface area contributed by atoms with E-state index in [9.17, 15) is 9.90 Å². The molecule has 0 aromatic heterocycles. The Bertz CT molecular complexity index is 328. The van der Waals surface area contributed by atoms with Crippen molar-refractivity contribution in [2.75, 3.05) is 0 Å². The summed E-state index contributed by atoms with van der Waals surface area (Å²) in [7, 11) is 0. The Morgan fingerprint density at radius 3 is 1.82 bits per heavy atom. The molecule has 3 N–H and O–H groups in total. The molecule has 2 atom stereocenters. The number of carboxylic acids is 1. The Hall–Kier alpha value is -0.280. The zero-order chi connectivity index (χ0) is 11.8. The van der Waals surface area contributed by atoms with Crippen LogP contribution in [-0.4, -0.2) is 16.6 Å². The molecule has 0 saturated heterocycles. The summed E-state index contributed by atoms with van der Waals surface area (Å²) < 4.78 is 0. The molecule has 0 spiro atoms. The van der Waals surface area contributed by atoms with Gasteiger partial charge in [-0.2, -0.15) is 0 Å². The Labute approximate surface area is 109 Å². The van der Waals surface area contributed by atoms with Crippen molar-refractivity contribution in [3.63, 3.8) is 0 Å². The molecule has 0 amide bonds. The van der Waals surface area contributed by atoms with Crippen LogP contribution in [-0.2, 0) is 4.79 Å². The molecule has 2 unspecified atom stereocenters. The predicted octanol–water partition coefficient (Wildman–Crippen LogP) is 2.57. The summed E-state index contributed by atoms with van der Waals surface area (Å²) >= 11 is 0. The van der Waals surface area contributed by atoms with Crippen LogP contribution in [0.3, 0.4) is 0 Å². The van der Waals surface area contributed by atoms with E-state index in [0.717, 1.165) is 32.1 Å². The molecule has 98 valence electrons. The van der Waals surface area contributed by atoms with Crippen LogP contribution in [0, 0.1) is 16.2 Å². The van der Waals surface area contributed by atoms with E-state index in [2.05, 4.69) is 13.8 Å². The topological polar surface area (TPSA) is 63.3 Å². The zero-order valence-electron chi connectivity index (χ0n) is 10.6. The first-order chi connectivity index (χ1) is 7.19. The van der Waals surface area contributed by atoms with E-state index in [4.69, 9.17) is 5.73 Å². The van der Waals surface area contributed by atoms with E-state index in [1.54, 1.807) is 0 Å². The Morgan fingerprint density at radius 1 is 1.00 bits per heavy atom. The van der Waals surface area contributed by atoms with Gasteiger partial charge in [0.25, 0.3) is 0 Å². The van der Waals surface area contributed by atoms with Crippen LogP contribution in [0.4, 0.5) is 0 Å². The molecule has 0 heterocycles. The number of carboxylic acid groups (broad SMARTS) is 1. The first-order valence-electron chi connectivity index (χ1n) is 6.21. The van der Waals surface area contributed by atoms with Gasteiger partial charge in [0.15, 0.2) is 0 Å². The summed E-state index contributed by atoms with van der Waals surface area (Å²) in [6.45, 7) is 4.48. The number of aliphatic carboxylic acids is 1. The predicted molar refractivity (Wildman–Crippen MR) is 68.2 cm³/mol. The van der Waals surface area contributed by atoms with E-state index in [-0.39, 0.29) is 28.8 Å². The molecule has 0 aliphatic heterocycles. The lowest BCUT2D eigenvalue weighted by Gasteiger charge is -2.67. The fraction of sp³-hybridized carbons (Fsp3) is 0.923. The van der Waals surface area contributed by atoms with Crippen molar-refractivity contribution < 1.29 is 9.90 Å². The number of halogens is 1. The van der Waals surface area contributed by atoms with Crippen molar-refractivity contribution in [2.24, 2.45) is 22.0 Å². The van der Waals surface area contributed by atoms with Gasteiger partial charge in [0, 0.05) is 5.54 Å². The third-order valence-electron chi connectivity index (χ3n) is 5.09. The number of hydrogen-bond acceptors (Lipinski definition) is 2. The highest BCUT2D eigenvalue weighted by molar-refractivity contribution is 5.85. The van der Waals surface area contributed by atoms with Crippen LogP contribution in [0.1, 0.15) is 52.4 Å². The average molecular weight is 260 g/mol. The molecule has 3 nitrogen and oxygen atoms in total. The van der Waals surface area contributed by atoms with E-state index in [1.165, 1.54) is 0 Å². The third-order valence-corrected chi connectivity index (χ3v) is 5.09. The summed E-state index contributed by atoms with van der Waals surface area (Å²) in [6, 6.07) is 0. The molecule has 0 aromatic rings. The summed E-state index contributed by atoms with van der Waals surface area (Å²) in [5.74, 6) is -0.612. The van der Waals surface area contributed by atoms with Crippen molar-refractivity contribution in [1.29, 1.82) is 0 Å². The van der Waals surface area contributed by atoms with E-state index in [0.29, 0.717) is 6.42 Å². The minimum atomic E-state index is -0.612. The van der Waals surface area contributed by atoms with Gasteiger partial charge in [-0.1, -0.05) is 13.8 Å². The van der Waals surface area contributed by atoms with Crippen molar-refractivity contribution >= 4 is 18.4 Å². The van der Waals surface area contributed by atoms with Gasteiger partial charge in [-0.05, 0) is 49.4 Å². The fourth-order valence-corrected chi connectivity index (χ4v) is 6.01. The molecule has 4 aliphatic rings. The minimum absolute atomic E-state index is 0. The van der Waals surface area contributed by atoms with Crippen LogP contribution in [0.5, 0.6) is 0 Å². The van der Waals surface area contributed by atoms with Crippen LogP contribution in [0.2, 0.25) is 0 Å². The second-order valence-corrected chi connectivity index (χ2v) is 7.63. The van der Waals surface area contributed by atoms with Gasteiger partial charge in [-0.15, -0.1) is 12.4 Å². The summed E-state index contributed by atoms with van der Waals surface area (Å²) in [5, 5.41) is 9.57. The maximum Gasteiger partial charge on any atom is 0.309 e.